The lowest BCUT2D eigenvalue weighted by atomic mass is 9.82. The first-order chi connectivity index (χ1) is 25.5. The second-order valence-electron chi connectivity index (χ2n) is 15.2. The summed E-state index contributed by atoms with van der Waals surface area (Å²) in [5, 5.41) is 2.75. The van der Waals surface area contributed by atoms with Gasteiger partial charge >= 0.3 is 0 Å². The number of rotatable bonds is 6. The molecule has 0 radical (unpaired) electrons. The van der Waals surface area contributed by atoms with Crippen molar-refractivity contribution in [1.82, 2.24) is 4.98 Å². The molecular weight excluding hydrogens is 671 g/mol. The van der Waals surface area contributed by atoms with Crippen LogP contribution in [0.1, 0.15) is 67.1 Å². The number of benzene rings is 5. The first kappa shape index (κ1) is 32.0. The molecular formula is C47H41N3S2. The van der Waals surface area contributed by atoms with Crippen molar-refractivity contribution in [1.29, 1.82) is 0 Å². The number of hydrogen-bond donors (Lipinski definition) is 0. The predicted octanol–water partition coefficient (Wildman–Crippen LogP) is 12.2. The SMILES string of the molecule is CC1(C)c2ccccc2-c2ccc(N(C3=CC4SC(c5ccccc5)=NC4C=C3)C3CCC(c4nc5ccc(-c6ccccc6)cc5s4)CC3)cc21. The van der Waals surface area contributed by atoms with Gasteiger partial charge in [-0.15, -0.1) is 11.3 Å². The third kappa shape index (κ3) is 5.48. The molecule has 1 aliphatic heterocycles. The molecule has 0 spiro atoms. The maximum absolute atomic E-state index is 5.20. The first-order valence-electron chi connectivity index (χ1n) is 18.7. The van der Waals surface area contributed by atoms with E-state index < -0.39 is 0 Å². The smallest absolute Gasteiger partial charge is 0.0991 e. The lowest BCUT2D eigenvalue weighted by Gasteiger charge is -2.40. The average Bonchev–Trinajstić information content (AvgIpc) is 3.88. The summed E-state index contributed by atoms with van der Waals surface area (Å²) < 4.78 is 1.29. The zero-order chi connectivity index (χ0) is 34.8. The van der Waals surface area contributed by atoms with E-state index in [1.807, 2.05) is 23.1 Å². The third-order valence-electron chi connectivity index (χ3n) is 11.7. The molecule has 4 aliphatic rings. The van der Waals surface area contributed by atoms with Gasteiger partial charge in [0.25, 0.3) is 0 Å². The molecule has 1 saturated carbocycles. The molecule has 0 saturated heterocycles. The summed E-state index contributed by atoms with van der Waals surface area (Å²) in [4.78, 5) is 13.0. The highest BCUT2D eigenvalue weighted by atomic mass is 32.2. The van der Waals surface area contributed by atoms with Gasteiger partial charge in [0.2, 0.25) is 0 Å². The predicted molar refractivity (Wildman–Crippen MR) is 222 cm³/mol. The Balaban J connectivity index is 0.956. The second-order valence-corrected chi connectivity index (χ2v) is 17.4. The Hall–Kier alpha value is -4.71. The highest BCUT2D eigenvalue weighted by Gasteiger charge is 2.38. The number of aliphatic imine (C=N–C) groups is 1. The Kier molecular flexibility index (Phi) is 7.84. The van der Waals surface area contributed by atoms with Gasteiger partial charge < -0.3 is 4.90 Å². The molecule has 1 fully saturated rings. The fourth-order valence-electron chi connectivity index (χ4n) is 8.95. The fourth-order valence-corrected chi connectivity index (χ4v) is 11.3. The summed E-state index contributed by atoms with van der Waals surface area (Å²) >= 11 is 3.81. The van der Waals surface area contributed by atoms with Crippen molar-refractivity contribution >= 4 is 44.0 Å². The van der Waals surface area contributed by atoms with Crippen LogP contribution in [0.4, 0.5) is 5.69 Å². The number of fused-ring (bicyclic) bond motifs is 5. The number of thiazole rings is 1. The highest BCUT2D eigenvalue weighted by molar-refractivity contribution is 8.15. The normalized spacial score (nSPS) is 22.7. The summed E-state index contributed by atoms with van der Waals surface area (Å²) in [6.07, 6.45) is 11.8. The zero-order valence-corrected chi connectivity index (χ0v) is 31.2. The van der Waals surface area contributed by atoms with E-state index in [0.717, 1.165) is 36.2 Å². The van der Waals surface area contributed by atoms with Crippen LogP contribution in [0.15, 0.2) is 150 Å². The van der Waals surface area contributed by atoms with Crippen LogP contribution in [0.2, 0.25) is 0 Å². The van der Waals surface area contributed by atoms with Crippen LogP contribution >= 0.6 is 23.1 Å². The summed E-state index contributed by atoms with van der Waals surface area (Å²) in [7, 11) is 0. The van der Waals surface area contributed by atoms with Crippen molar-refractivity contribution in [2.45, 2.75) is 68.2 Å². The maximum Gasteiger partial charge on any atom is 0.0991 e. The van der Waals surface area contributed by atoms with Crippen LogP contribution in [0.5, 0.6) is 0 Å². The molecule has 5 aromatic carbocycles. The molecule has 3 nitrogen and oxygen atoms in total. The lowest BCUT2D eigenvalue weighted by Crippen LogP contribution is -2.38. The molecule has 256 valence electrons. The standard InChI is InChI=1S/C47H41N3S2/c1-47(2)39-16-10-9-15-37(39)38-24-22-35(28-40(38)47)50(36-23-26-42-44(29-36)52-45(49-42)31-13-7-4-8-14-31)34-20-17-32(18-21-34)46-48-41-25-19-33(27-43(41)51-46)30-11-5-3-6-12-30/h3-16,19,22-29,32,34,42,44H,17-18,20-21H2,1-2H3. The van der Waals surface area contributed by atoms with Crippen LogP contribution in [-0.4, -0.2) is 27.4 Å². The molecule has 2 heterocycles. The number of hydrogen-bond acceptors (Lipinski definition) is 5. The molecule has 5 heteroatoms. The van der Waals surface area contributed by atoms with Gasteiger partial charge in [0.05, 0.1) is 31.6 Å². The molecule has 52 heavy (non-hydrogen) atoms. The van der Waals surface area contributed by atoms with E-state index in [4.69, 9.17) is 9.98 Å². The van der Waals surface area contributed by atoms with E-state index in [1.54, 1.807) is 0 Å². The number of aromatic nitrogens is 1. The minimum Gasteiger partial charge on any atom is -0.339 e. The Bertz CT molecular complexity index is 2400. The summed E-state index contributed by atoms with van der Waals surface area (Å²) in [6.45, 7) is 4.78. The number of allylic oxidation sites excluding steroid dienone is 1. The molecule has 0 bridgehead atoms. The highest BCUT2D eigenvalue weighted by Crippen LogP contribution is 2.51. The Labute approximate surface area is 314 Å². The van der Waals surface area contributed by atoms with Crippen LogP contribution in [0.25, 0.3) is 32.5 Å². The van der Waals surface area contributed by atoms with E-state index in [9.17, 15) is 0 Å². The molecule has 2 unspecified atom stereocenters. The number of thioether (sulfide) groups is 1. The van der Waals surface area contributed by atoms with Gasteiger partial charge in [0, 0.05) is 34.3 Å². The molecule has 6 aromatic rings. The fraction of sp³-hybridized carbons (Fsp3) is 0.234. The van der Waals surface area contributed by atoms with Gasteiger partial charge in [-0.2, -0.15) is 0 Å². The molecule has 10 rings (SSSR count). The molecule has 0 amide bonds. The third-order valence-corrected chi connectivity index (χ3v) is 14.1. The number of nitrogens with zero attached hydrogens (tertiary/aromatic N) is 3. The quantitative estimate of drug-likeness (QED) is 0.172. The minimum absolute atomic E-state index is 0.0416. The summed E-state index contributed by atoms with van der Waals surface area (Å²) in [5.41, 5.74) is 13.0. The Morgan fingerprint density at radius 2 is 1.42 bits per heavy atom. The van der Waals surface area contributed by atoms with Crippen molar-refractivity contribution in [3.63, 3.8) is 0 Å². The van der Waals surface area contributed by atoms with Gasteiger partial charge in [-0.25, -0.2) is 4.98 Å². The van der Waals surface area contributed by atoms with Crippen LogP contribution in [0.3, 0.4) is 0 Å². The van der Waals surface area contributed by atoms with Crippen molar-refractivity contribution in [3.05, 3.63) is 167 Å². The van der Waals surface area contributed by atoms with Gasteiger partial charge in [-0.3, -0.25) is 4.99 Å². The van der Waals surface area contributed by atoms with Gasteiger partial charge in [0.15, 0.2) is 0 Å². The van der Waals surface area contributed by atoms with Crippen LogP contribution < -0.4 is 4.90 Å². The molecule has 0 N–H and O–H groups in total. The molecule has 2 atom stereocenters. The minimum atomic E-state index is -0.0416. The second kappa shape index (κ2) is 12.8. The average molecular weight is 712 g/mol. The Morgan fingerprint density at radius 1 is 0.692 bits per heavy atom. The topological polar surface area (TPSA) is 28.5 Å². The van der Waals surface area contributed by atoms with Crippen molar-refractivity contribution in [2.24, 2.45) is 4.99 Å². The maximum atomic E-state index is 5.20. The van der Waals surface area contributed by atoms with Crippen LogP contribution in [-0.2, 0) is 5.41 Å². The van der Waals surface area contributed by atoms with E-state index in [1.165, 1.54) is 60.0 Å². The van der Waals surface area contributed by atoms with E-state index >= 15 is 0 Å². The van der Waals surface area contributed by atoms with Gasteiger partial charge in [0.1, 0.15) is 0 Å². The van der Waals surface area contributed by atoms with E-state index in [0.29, 0.717) is 17.2 Å². The van der Waals surface area contributed by atoms with E-state index in [-0.39, 0.29) is 11.5 Å². The van der Waals surface area contributed by atoms with Crippen LogP contribution in [0, 0.1) is 0 Å². The summed E-state index contributed by atoms with van der Waals surface area (Å²) in [5.74, 6) is 0.497. The summed E-state index contributed by atoms with van der Waals surface area (Å²) in [6, 6.07) is 44.9. The number of anilines is 1. The van der Waals surface area contributed by atoms with Gasteiger partial charge in [-0.05, 0) is 95.5 Å². The largest absolute Gasteiger partial charge is 0.339 e. The monoisotopic (exact) mass is 711 g/mol. The van der Waals surface area contributed by atoms with Crippen molar-refractivity contribution in [3.8, 4) is 22.3 Å². The van der Waals surface area contributed by atoms with Crippen molar-refractivity contribution < 1.29 is 0 Å². The molecule has 1 aromatic heterocycles. The van der Waals surface area contributed by atoms with E-state index in [2.05, 4.69) is 158 Å². The molecule has 3 aliphatic carbocycles. The lowest BCUT2D eigenvalue weighted by molar-refractivity contribution is 0.387. The Morgan fingerprint density at radius 3 is 2.23 bits per heavy atom. The zero-order valence-electron chi connectivity index (χ0n) is 29.6. The first-order valence-corrected chi connectivity index (χ1v) is 20.4. The van der Waals surface area contributed by atoms with Gasteiger partial charge in [-0.1, -0.05) is 129 Å². The van der Waals surface area contributed by atoms with Crippen molar-refractivity contribution in [2.75, 3.05) is 4.90 Å².